The molecule has 4 heteroatoms. The summed E-state index contributed by atoms with van der Waals surface area (Å²) in [4.78, 5) is 14.9. The number of carbonyl (C=O) groups is 1. The Hall–Kier alpha value is -1.55. The summed E-state index contributed by atoms with van der Waals surface area (Å²) in [6.45, 7) is 2.22. The summed E-state index contributed by atoms with van der Waals surface area (Å²) < 4.78 is 0. The summed E-state index contributed by atoms with van der Waals surface area (Å²) in [5.41, 5.74) is 1.19. The topological polar surface area (TPSA) is 43.8 Å². The second kappa shape index (κ2) is 5.19. The number of hydrogen-bond acceptors (Lipinski definition) is 2. The molecule has 0 radical (unpaired) electrons. The van der Waals surface area contributed by atoms with Crippen LogP contribution in [-0.2, 0) is 6.42 Å². The SMILES string of the molecule is CN1CCN(C(=O)O)C(Cc2ccccc2)C1. The summed E-state index contributed by atoms with van der Waals surface area (Å²) in [6, 6.07) is 10.1. The quantitative estimate of drug-likeness (QED) is 0.843. The van der Waals surface area contributed by atoms with Crippen LogP contribution in [0.15, 0.2) is 30.3 Å². The number of likely N-dealkylation sites (N-methyl/N-ethyl adjacent to an activating group) is 1. The van der Waals surface area contributed by atoms with Crippen LogP contribution in [0.5, 0.6) is 0 Å². The lowest BCUT2D eigenvalue weighted by atomic mass is 10.0. The molecule has 0 saturated carbocycles. The maximum absolute atomic E-state index is 11.2. The van der Waals surface area contributed by atoms with E-state index in [9.17, 15) is 9.90 Å². The van der Waals surface area contributed by atoms with Crippen molar-refractivity contribution < 1.29 is 9.90 Å². The van der Waals surface area contributed by atoms with Crippen molar-refractivity contribution in [1.82, 2.24) is 9.80 Å². The van der Waals surface area contributed by atoms with Gasteiger partial charge in [-0.3, -0.25) is 0 Å². The molecule has 1 heterocycles. The van der Waals surface area contributed by atoms with Crippen LogP contribution in [0.25, 0.3) is 0 Å². The summed E-state index contributed by atoms with van der Waals surface area (Å²) in [5, 5.41) is 9.18. The van der Waals surface area contributed by atoms with E-state index < -0.39 is 6.09 Å². The highest BCUT2D eigenvalue weighted by atomic mass is 16.4. The second-order valence-electron chi connectivity index (χ2n) is 4.58. The lowest BCUT2D eigenvalue weighted by Crippen LogP contribution is -2.54. The smallest absolute Gasteiger partial charge is 0.407 e. The molecule has 1 aliphatic heterocycles. The first-order valence-electron chi connectivity index (χ1n) is 5.89. The van der Waals surface area contributed by atoms with Crippen molar-refractivity contribution in [3.05, 3.63) is 35.9 Å². The maximum Gasteiger partial charge on any atom is 0.407 e. The largest absolute Gasteiger partial charge is 0.465 e. The van der Waals surface area contributed by atoms with Crippen molar-refractivity contribution in [3.63, 3.8) is 0 Å². The number of carboxylic acid groups (broad SMARTS) is 1. The number of piperazine rings is 1. The van der Waals surface area contributed by atoms with Gasteiger partial charge in [0.25, 0.3) is 0 Å². The molecule has 92 valence electrons. The van der Waals surface area contributed by atoms with Crippen molar-refractivity contribution in [2.45, 2.75) is 12.5 Å². The molecule has 0 bridgehead atoms. The first-order chi connectivity index (χ1) is 8.16. The van der Waals surface area contributed by atoms with E-state index in [-0.39, 0.29) is 6.04 Å². The number of nitrogens with zero attached hydrogens (tertiary/aromatic N) is 2. The first kappa shape index (κ1) is 11.9. The van der Waals surface area contributed by atoms with Crippen molar-refractivity contribution in [2.24, 2.45) is 0 Å². The fourth-order valence-electron chi connectivity index (χ4n) is 2.32. The van der Waals surface area contributed by atoms with E-state index in [4.69, 9.17) is 0 Å². The Kier molecular flexibility index (Phi) is 3.64. The molecule has 4 nitrogen and oxygen atoms in total. The Balaban J connectivity index is 2.08. The average molecular weight is 234 g/mol. The van der Waals surface area contributed by atoms with Crippen LogP contribution in [0.3, 0.4) is 0 Å². The van der Waals surface area contributed by atoms with Gasteiger partial charge in [-0.05, 0) is 19.0 Å². The van der Waals surface area contributed by atoms with E-state index in [0.717, 1.165) is 19.5 Å². The van der Waals surface area contributed by atoms with Crippen LogP contribution in [-0.4, -0.2) is 53.7 Å². The molecule has 1 saturated heterocycles. The normalized spacial score (nSPS) is 21.5. The van der Waals surface area contributed by atoms with E-state index in [0.29, 0.717) is 6.54 Å². The highest BCUT2D eigenvalue weighted by Crippen LogP contribution is 2.14. The molecule has 1 fully saturated rings. The lowest BCUT2D eigenvalue weighted by molar-refractivity contribution is 0.0778. The third-order valence-electron chi connectivity index (χ3n) is 3.25. The molecule has 1 aromatic carbocycles. The summed E-state index contributed by atoms with van der Waals surface area (Å²) >= 11 is 0. The fourth-order valence-corrected chi connectivity index (χ4v) is 2.32. The Morgan fingerprint density at radius 3 is 2.71 bits per heavy atom. The van der Waals surface area contributed by atoms with Crippen LogP contribution in [0.1, 0.15) is 5.56 Å². The molecule has 1 amide bonds. The van der Waals surface area contributed by atoms with Crippen LogP contribution in [0, 0.1) is 0 Å². The number of rotatable bonds is 2. The van der Waals surface area contributed by atoms with Crippen molar-refractivity contribution in [2.75, 3.05) is 26.7 Å². The van der Waals surface area contributed by atoms with Gasteiger partial charge in [-0.2, -0.15) is 0 Å². The summed E-state index contributed by atoms with van der Waals surface area (Å²) in [6.07, 6.45) is -0.0173. The van der Waals surface area contributed by atoms with Gasteiger partial charge < -0.3 is 14.9 Å². The number of amides is 1. The molecule has 17 heavy (non-hydrogen) atoms. The highest BCUT2D eigenvalue weighted by molar-refractivity contribution is 5.65. The molecule has 0 spiro atoms. The number of hydrogen-bond donors (Lipinski definition) is 1. The van der Waals surface area contributed by atoms with Gasteiger partial charge in [-0.15, -0.1) is 0 Å². The highest BCUT2D eigenvalue weighted by Gasteiger charge is 2.28. The average Bonchev–Trinajstić information content (AvgIpc) is 2.30. The minimum absolute atomic E-state index is 0.0636. The molecular formula is C13H18N2O2. The molecule has 0 aromatic heterocycles. The van der Waals surface area contributed by atoms with E-state index in [2.05, 4.69) is 17.0 Å². The van der Waals surface area contributed by atoms with Crippen molar-refractivity contribution in [1.29, 1.82) is 0 Å². The zero-order valence-corrected chi connectivity index (χ0v) is 10.0. The predicted molar refractivity (Wildman–Crippen MR) is 66.2 cm³/mol. The second-order valence-corrected chi connectivity index (χ2v) is 4.58. The minimum atomic E-state index is -0.806. The Bertz CT molecular complexity index is 380. The minimum Gasteiger partial charge on any atom is -0.465 e. The van der Waals surface area contributed by atoms with E-state index in [1.165, 1.54) is 5.56 Å². The van der Waals surface area contributed by atoms with Gasteiger partial charge in [-0.25, -0.2) is 4.79 Å². The van der Waals surface area contributed by atoms with Gasteiger partial charge in [0.1, 0.15) is 0 Å². The standard InChI is InChI=1S/C13H18N2O2/c1-14-7-8-15(13(16)17)12(10-14)9-11-5-3-2-4-6-11/h2-6,12H,7-10H2,1H3,(H,16,17). The van der Waals surface area contributed by atoms with Gasteiger partial charge in [0.2, 0.25) is 0 Å². The van der Waals surface area contributed by atoms with Gasteiger partial charge in [-0.1, -0.05) is 30.3 Å². The Labute approximate surface area is 101 Å². The molecular weight excluding hydrogens is 216 g/mol. The van der Waals surface area contributed by atoms with Gasteiger partial charge in [0.05, 0.1) is 6.04 Å². The molecule has 2 rings (SSSR count). The van der Waals surface area contributed by atoms with Gasteiger partial charge >= 0.3 is 6.09 Å². The molecule has 0 aliphatic carbocycles. The monoisotopic (exact) mass is 234 g/mol. The van der Waals surface area contributed by atoms with Crippen molar-refractivity contribution >= 4 is 6.09 Å². The zero-order chi connectivity index (χ0) is 12.3. The van der Waals surface area contributed by atoms with Gasteiger partial charge in [0, 0.05) is 19.6 Å². The molecule has 1 aliphatic rings. The van der Waals surface area contributed by atoms with Gasteiger partial charge in [0.15, 0.2) is 0 Å². The van der Waals surface area contributed by atoms with Crippen LogP contribution in [0.4, 0.5) is 4.79 Å². The zero-order valence-electron chi connectivity index (χ0n) is 10.0. The van der Waals surface area contributed by atoms with Crippen LogP contribution in [0.2, 0.25) is 0 Å². The van der Waals surface area contributed by atoms with E-state index in [1.54, 1.807) is 4.90 Å². The number of benzene rings is 1. The molecule has 1 N–H and O–H groups in total. The predicted octanol–water partition coefficient (Wildman–Crippen LogP) is 1.52. The lowest BCUT2D eigenvalue weighted by Gasteiger charge is -2.38. The summed E-state index contributed by atoms with van der Waals surface area (Å²) in [5.74, 6) is 0. The fraction of sp³-hybridized carbons (Fsp3) is 0.462. The van der Waals surface area contributed by atoms with Crippen molar-refractivity contribution in [3.8, 4) is 0 Å². The van der Waals surface area contributed by atoms with Crippen LogP contribution < -0.4 is 0 Å². The first-order valence-corrected chi connectivity index (χ1v) is 5.89. The van der Waals surface area contributed by atoms with E-state index >= 15 is 0 Å². The maximum atomic E-state index is 11.2. The molecule has 1 aromatic rings. The Morgan fingerprint density at radius 1 is 1.35 bits per heavy atom. The van der Waals surface area contributed by atoms with Crippen LogP contribution >= 0.6 is 0 Å². The molecule has 1 unspecified atom stereocenters. The third-order valence-corrected chi connectivity index (χ3v) is 3.25. The molecule has 1 atom stereocenters. The third kappa shape index (κ3) is 2.97. The van der Waals surface area contributed by atoms with E-state index in [1.807, 2.05) is 25.2 Å². The Morgan fingerprint density at radius 2 is 2.06 bits per heavy atom. The summed E-state index contributed by atoms with van der Waals surface area (Å²) in [7, 11) is 2.04.